The van der Waals surface area contributed by atoms with Gasteiger partial charge in [0.25, 0.3) is 0 Å². The van der Waals surface area contributed by atoms with Gasteiger partial charge in [0.1, 0.15) is 11.8 Å². The molecule has 1 saturated heterocycles. The van der Waals surface area contributed by atoms with Crippen LogP contribution in [-0.2, 0) is 6.54 Å². The molecule has 1 atom stereocenters. The van der Waals surface area contributed by atoms with Gasteiger partial charge >= 0.3 is 11.8 Å². The largest absolute Gasteiger partial charge is 0.491 e. The van der Waals surface area contributed by atoms with E-state index in [0.717, 1.165) is 13.2 Å². The van der Waals surface area contributed by atoms with Gasteiger partial charge in [-0.1, -0.05) is 0 Å². The van der Waals surface area contributed by atoms with Gasteiger partial charge < -0.3 is 19.6 Å². The minimum absolute atomic E-state index is 0.152. The standard InChI is InChI=1S/C20H23F3N6O4/c1-12(13-8-14(21)18(32-3)17(23)16(13)22)25-28-6-4-26(5-7-28)10-20(2)11-27-9-15(29(30)31)24-19(27)33-20/h8-9H,4-7,10-11H2,1-3H3. The summed E-state index contributed by atoms with van der Waals surface area (Å²) in [5.74, 6) is -4.61. The maximum absolute atomic E-state index is 14.3. The van der Waals surface area contributed by atoms with Crippen molar-refractivity contribution in [3.05, 3.63) is 45.4 Å². The van der Waals surface area contributed by atoms with Crippen LogP contribution in [0.1, 0.15) is 19.4 Å². The third-order valence-corrected chi connectivity index (χ3v) is 5.67. The molecule has 2 aliphatic rings. The van der Waals surface area contributed by atoms with E-state index >= 15 is 0 Å². The summed E-state index contributed by atoms with van der Waals surface area (Å²) in [4.78, 5) is 16.3. The van der Waals surface area contributed by atoms with Crippen LogP contribution in [0.3, 0.4) is 0 Å². The lowest BCUT2D eigenvalue weighted by Crippen LogP contribution is -2.51. The molecule has 2 aliphatic heterocycles. The molecule has 13 heteroatoms. The maximum atomic E-state index is 14.3. The number of hydrazone groups is 1. The molecule has 4 rings (SSSR count). The Morgan fingerprint density at radius 2 is 2.00 bits per heavy atom. The van der Waals surface area contributed by atoms with Crippen molar-refractivity contribution in [2.45, 2.75) is 26.0 Å². The summed E-state index contributed by atoms with van der Waals surface area (Å²) < 4.78 is 54.4. The number of piperazine rings is 1. The third-order valence-electron chi connectivity index (χ3n) is 5.67. The van der Waals surface area contributed by atoms with E-state index in [9.17, 15) is 23.3 Å². The number of ether oxygens (including phenoxy) is 2. The predicted molar refractivity (Wildman–Crippen MR) is 111 cm³/mol. The molecule has 33 heavy (non-hydrogen) atoms. The van der Waals surface area contributed by atoms with E-state index in [-0.39, 0.29) is 23.1 Å². The molecule has 2 aromatic rings. The summed E-state index contributed by atoms with van der Waals surface area (Å²) in [7, 11) is 1.07. The summed E-state index contributed by atoms with van der Waals surface area (Å²) in [6.45, 7) is 6.72. The molecule has 1 fully saturated rings. The first-order valence-corrected chi connectivity index (χ1v) is 10.2. The second-order valence-corrected chi connectivity index (χ2v) is 8.30. The van der Waals surface area contributed by atoms with Crippen molar-refractivity contribution in [3.63, 3.8) is 0 Å². The highest BCUT2D eigenvalue weighted by Gasteiger charge is 2.41. The lowest BCUT2D eigenvalue weighted by atomic mass is 10.1. The van der Waals surface area contributed by atoms with Crippen LogP contribution >= 0.6 is 0 Å². The molecular weight excluding hydrogens is 445 g/mol. The van der Waals surface area contributed by atoms with E-state index in [4.69, 9.17) is 4.74 Å². The van der Waals surface area contributed by atoms with Crippen molar-refractivity contribution in [2.24, 2.45) is 5.10 Å². The zero-order chi connectivity index (χ0) is 23.9. The van der Waals surface area contributed by atoms with Crippen molar-refractivity contribution < 1.29 is 27.6 Å². The van der Waals surface area contributed by atoms with Gasteiger partial charge in [-0.15, -0.1) is 0 Å². The zero-order valence-corrected chi connectivity index (χ0v) is 18.3. The van der Waals surface area contributed by atoms with Crippen molar-refractivity contribution in [3.8, 4) is 11.8 Å². The number of benzene rings is 1. The van der Waals surface area contributed by atoms with Crippen LogP contribution < -0.4 is 9.47 Å². The topological polar surface area (TPSA) is 98.3 Å². The molecule has 3 heterocycles. The lowest BCUT2D eigenvalue weighted by molar-refractivity contribution is -0.389. The molecule has 1 aromatic carbocycles. The Kier molecular flexibility index (Phi) is 5.91. The van der Waals surface area contributed by atoms with Crippen LogP contribution in [0.4, 0.5) is 19.0 Å². The maximum Gasteiger partial charge on any atom is 0.415 e. The summed E-state index contributed by atoms with van der Waals surface area (Å²) in [6, 6.07) is 1.10. The SMILES string of the molecule is COc1c(F)cc(C(C)=NN2CCN(CC3(C)Cn4cc([N+](=O)[O-])nc4O3)CC2)c(F)c1F. The average Bonchev–Trinajstić information content (AvgIpc) is 3.27. The Hall–Kier alpha value is -3.35. The van der Waals surface area contributed by atoms with Gasteiger partial charge in [0.05, 0.1) is 19.4 Å². The van der Waals surface area contributed by atoms with Crippen LogP contribution in [0.5, 0.6) is 11.8 Å². The first kappa shape index (κ1) is 22.8. The Morgan fingerprint density at radius 3 is 2.61 bits per heavy atom. The molecular formula is C20H23F3N6O4. The van der Waals surface area contributed by atoms with E-state index in [2.05, 4.69) is 19.7 Å². The van der Waals surface area contributed by atoms with Crippen LogP contribution in [0.2, 0.25) is 0 Å². The average molecular weight is 468 g/mol. The van der Waals surface area contributed by atoms with E-state index in [1.165, 1.54) is 13.1 Å². The fourth-order valence-corrected chi connectivity index (χ4v) is 4.13. The van der Waals surface area contributed by atoms with Gasteiger partial charge in [0.2, 0.25) is 5.82 Å². The second kappa shape index (κ2) is 8.54. The number of nitrogens with zero attached hydrogens (tertiary/aromatic N) is 6. The molecule has 0 saturated carbocycles. The number of imidazole rings is 1. The highest BCUT2D eigenvalue weighted by atomic mass is 19.2. The molecule has 1 unspecified atom stereocenters. The first-order chi connectivity index (χ1) is 15.6. The van der Waals surface area contributed by atoms with Gasteiger partial charge in [0, 0.05) is 43.3 Å². The number of rotatable bonds is 6. The van der Waals surface area contributed by atoms with Gasteiger partial charge in [-0.05, 0) is 24.8 Å². The highest BCUT2D eigenvalue weighted by molar-refractivity contribution is 5.99. The van der Waals surface area contributed by atoms with Crippen LogP contribution in [0.15, 0.2) is 17.4 Å². The molecule has 0 bridgehead atoms. The Bertz CT molecular complexity index is 1090. The van der Waals surface area contributed by atoms with Gasteiger partial charge in [-0.2, -0.15) is 9.49 Å². The van der Waals surface area contributed by atoms with Crippen molar-refractivity contribution >= 4 is 11.5 Å². The van der Waals surface area contributed by atoms with Crippen LogP contribution in [-0.4, -0.2) is 75.5 Å². The Balaban J connectivity index is 1.36. The number of aromatic nitrogens is 2. The molecule has 0 radical (unpaired) electrons. The first-order valence-electron chi connectivity index (χ1n) is 10.2. The van der Waals surface area contributed by atoms with Gasteiger partial charge in [-0.3, -0.25) is 14.5 Å². The summed E-state index contributed by atoms with van der Waals surface area (Å²) in [6.07, 6.45) is 1.36. The molecule has 0 spiro atoms. The number of methoxy groups -OCH3 is 1. The Labute approximate surface area is 187 Å². The number of hydrogen-bond acceptors (Lipinski definition) is 8. The zero-order valence-electron chi connectivity index (χ0n) is 18.3. The molecule has 178 valence electrons. The third kappa shape index (κ3) is 4.45. The van der Waals surface area contributed by atoms with Crippen LogP contribution in [0.25, 0.3) is 0 Å². The smallest absolute Gasteiger partial charge is 0.415 e. The van der Waals surface area contributed by atoms with E-state index in [1.807, 2.05) is 6.92 Å². The summed E-state index contributed by atoms with van der Waals surface area (Å²) >= 11 is 0. The lowest BCUT2D eigenvalue weighted by Gasteiger charge is -2.37. The summed E-state index contributed by atoms with van der Waals surface area (Å²) in [5, 5.41) is 16.9. The quantitative estimate of drug-likeness (QED) is 0.278. The summed E-state index contributed by atoms with van der Waals surface area (Å²) in [5.41, 5.74) is -0.691. The minimum Gasteiger partial charge on any atom is -0.491 e. The van der Waals surface area contributed by atoms with E-state index in [0.29, 0.717) is 39.3 Å². The number of hydrogen-bond donors (Lipinski definition) is 0. The molecule has 0 amide bonds. The number of fused-ring (bicyclic) bond motifs is 1. The van der Waals surface area contributed by atoms with Crippen molar-refractivity contribution in [1.29, 1.82) is 0 Å². The van der Waals surface area contributed by atoms with E-state index < -0.39 is 33.7 Å². The fourth-order valence-electron chi connectivity index (χ4n) is 4.13. The van der Waals surface area contributed by atoms with Crippen molar-refractivity contribution in [1.82, 2.24) is 19.5 Å². The highest BCUT2D eigenvalue weighted by Crippen LogP contribution is 2.32. The molecule has 1 aromatic heterocycles. The Morgan fingerprint density at radius 1 is 1.30 bits per heavy atom. The van der Waals surface area contributed by atoms with E-state index in [1.54, 1.807) is 9.58 Å². The van der Waals surface area contributed by atoms with Crippen molar-refractivity contribution in [2.75, 3.05) is 39.8 Å². The van der Waals surface area contributed by atoms with Gasteiger partial charge in [0.15, 0.2) is 17.4 Å². The predicted octanol–water partition coefficient (Wildman–Crippen LogP) is 2.41. The van der Waals surface area contributed by atoms with Gasteiger partial charge in [-0.25, -0.2) is 8.78 Å². The molecule has 10 nitrogen and oxygen atoms in total. The number of halogens is 3. The monoisotopic (exact) mass is 468 g/mol. The fraction of sp³-hybridized carbons (Fsp3) is 0.500. The van der Waals surface area contributed by atoms with Crippen LogP contribution in [0, 0.1) is 27.6 Å². The second-order valence-electron chi connectivity index (χ2n) is 8.30. The molecule has 0 N–H and O–H groups in total. The minimum atomic E-state index is -1.39. The number of nitro groups is 1. The molecule has 0 aliphatic carbocycles. The normalized spacial score (nSPS) is 21.2.